The number of halogens is 1. The highest BCUT2D eigenvalue weighted by Crippen LogP contribution is 2.28. The van der Waals surface area contributed by atoms with Crippen LogP contribution in [0.5, 0.6) is 0 Å². The van der Waals surface area contributed by atoms with Crippen molar-refractivity contribution >= 4 is 49.5 Å². The smallest absolute Gasteiger partial charge is 0.275 e. The Morgan fingerprint density at radius 3 is 2.58 bits per heavy atom. The molecule has 1 saturated heterocycles. The summed E-state index contributed by atoms with van der Waals surface area (Å²) in [6.45, 7) is 3.37. The first kappa shape index (κ1) is 20.5. The molecule has 1 aliphatic heterocycles. The van der Waals surface area contributed by atoms with E-state index in [4.69, 9.17) is 0 Å². The number of hydrogen-bond donors (Lipinski definition) is 0. The van der Waals surface area contributed by atoms with Crippen molar-refractivity contribution < 1.29 is 4.79 Å². The fraction of sp³-hybridized carbons (Fsp3) is 0.238. The molecule has 5 rings (SSSR count). The van der Waals surface area contributed by atoms with Crippen LogP contribution >= 0.6 is 38.6 Å². The molecule has 0 atom stereocenters. The van der Waals surface area contributed by atoms with Crippen LogP contribution < -0.4 is 5.56 Å². The predicted molar refractivity (Wildman–Crippen MR) is 126 cm³/mol. The highest BCUT2D eigenvalue weighted by molar-refractivity contribution is 9.10. The Morgan fingerprint density at radius 2 is 1.87 bits per heavy atom. The molecule has 1 aliphatic rings. The molecular formula is C21H18BrN5O2S2. The second-order valence-corrected chi connectivity index (χ2v) is 10.1. The number of thiophene rings is 1. The predicted octanol–water partition coefficient (Wildman–Crippen LogP) is 3.60. The molecule has 0 bridgehead atoms. The molecule has 0 unspecified atom stereocenters. The van der Waals surface area contributed by atoms with Crippen molar-refractivity contribution in [1.82, 2.24) is 24.4 Å². The zero-order chi connectivity index (χ0) is 21.4. The number of hydrogen-bond acceptors (Lipinski definition) is 7. The monoisotopic (exact) mass is 515 g/mol. The summed E-state index contributed by atoms with van der Waals surface area (Å²) in [6.07, 6.45) is 0. The lowest BCUT2D eigenvalue weighted by Gasteiger charge is -2.34. The number of amides is 1. The van der Waals surface area contributed by atoms with Crippen molar-refractivity contribution in [1.29, 1.82) is 0 Å². The number of piperazine rings is 1. The third-order valence-corrected chi connectivity index (χ3v) is 7.64. The molecule has 0 spiro atoms. The summed E-state index contributed by atoms with van der Waals surface area (Å²) in [4.78, 5) is 35.6. The zero-order valence-electron chi connectivity index (χ0n) is 16.4. The standard InChI is InChI=1S/C21H18BrN5O2S2/c22-15-5-3-14(4-6-15)20(29)26-9-7-25(8-10-26)13-16-12-18(28)27-21(23-16)31-19(24-27)17-2-1-11-30-17/h1-6,11-12H,7-10,13H2. The summed E-state index contributed by atoms with van der Waals surface area (Å²) >= 11 is 6.42. The fourth-order valence-electron chi connectivity index (χ4n) is 3.55. The lowest BCUT2D eigenvalue weighted by molar-refractivity contribution is 0.0627. The molecule has 1 aromatic carbocycles. The van der Waals surface area contributed by atoms with E-state index < -0.39 is 0 Å². The number of nitrogens with zero attached hydrogens (tertiary/aromatic N) is 5. The minimum atomic E-state index is -0.164. The van der Waals surface area contributed by atoms with Gasteiger partial charge < -0.3 is 4.90 Å². The van der Waals surface area contributed by atoms with Crippen LogP contribution in [0.4, 0.5) is 0 Å². The van der Waals surface area contributed by atoms with Gasteiger partial charge in [0.15, 0.2) is 5.01 Å². The summed E-state index contributed by atoms with van der Waals surface area (Å²) in [5.74, 6) is 0.0516. The molecule has 3 aromatic heterocycles. The largest absolute Gasteiger partial charge is 0.336 e. The number of benzene rings is 1. The summed E-state index contributed by atoms with van der Waals surface area (Å²) in [7, 11) is 0. The summed E-state index contributed by atoms with van der Waals surface area (Å²) < 4.78 is 2.33. The minimum Gasteiger partial charge on any atom is -0.336 e. The Morgan fingerprint density at radius 1 is 1.10 bits per heavy atom. The van der Waals surface area contributed by atoms with E-state index in [9.17, 15) is 9.59 Å². The van der Waals surface area contributed by atoms with Gasteiger partial charge in [-0.3, -0.25) is 14.5 Å². The molecule has 4 aromatic rings. The van der Waals surface area contributed by atoms with E-state index in [0.29, 0.717) is 30.2 Å². The second-order valence-electron chi connectivity index (χ2n) is 7.24. The summed E-state index contributed by atoms with van der Waals surface area (Å²) in [6, 6.07) is 13.0. The van der Waals surface area contributed by atoms with E-state index in [1.54, 1.807) is 17.4 Å². The van der Waals surface area contributed by atoms with Crippen LogP contribution in [0.3, 0.4) is 0 Å². The van der Waals surface area contributed by atoms with Crippen LogP contribution in [-0.2, 0) is 6.54 Å². The molecule has 0 N–H and O–H groups in total. The van der Waals surface area contributed by atoms with E-state index in [1.165, 1.54) is 15.9 Å². The lowest BCUT2D eigenvalue weighted by Crippen LogP contribution is -2.48. The first-order valence-electron chi connectivity index (χ1n) is 9.78. The van der Waals surface area contributed by atoms with Gasteiger partial charge in [-0.25, -0.2) is 4.98 Å². The number of rotatable bonds is 4. The summed E-state index contributed by atoms with van der Waals surface area (Å²) in [5, 5.41) is 7.21. The minimum absolute atomic E-state index is 0.0516. The van der Waals surface area contributed by atoms with Gasteiger partial charge in [0.2, 0.25) is 4.96 Å². The van der Waals surface area contributed by atoms with Gasteiger partial charge in [-0.2, -0.15) is 9.61 Å². The van der Waals surface area contributed by atoms with Crippen molar-refractivity contribution in [3.8, 4) is 9.88 Å². The molecule has 31 heavy (non-hydrogen) atoms. The van der Waals surface area contributed by atoms with E-state index in [-0.39, 0.29) is 11.5 Å². The Labute approximate surface area is 194 Å². The van der Waals surface area contributed by atoms with E-state index >= 15 is 0 Å². The molecule has 1 amide bonds. The normalized spacial score (nSPS) is 14.9. The van der Waals surface area contributed by atoms with Crippen molar-refractivity contribution in [3.63, 3.8) is 0 Å². The number of aromatic nitrogens is 3. The average molecular weight is 516 g/mol. The van der Waals surface area contributed by atoms with Crippen molar-refractivity contribution in [2.24, 2.45) is 0 Å². The number of fused-ring (bicyclic) bond motifs is 1. The highest BCUT2D eigenvalue weighted by atomic mass is 79.9. The van der Waals surface area contributed by atoms with Crippen LogP contribution in [0.15, 0.2) is 57.1 Å². The number of carbonyl (C=O) groups excluding carboxylic acids is 1. The van der Waals surface area contributed by atoms with Gasteiger partial charge in [0.1, 0.15) is 0 Å². The van der Waals surface area contributed by atoms with Crippen molar-refractivity contribution in [3.05, 3.63) is 73.9 Å². The van der Waals surface area contributed by atoms with Gasteiger partial charge in [-0.05, 0) is 35.7 Å². The van der Waals surface area contributed by atoms with E-state index in [1.807, 2.05) is 46.7 Å². The zero-order valence-corrected chi connectivity index (χ0v) is 19.6. The lowest BCUT2D eigenvalue weighted by atomic mass is 10.2. The van der Waals surface area contributed by atoms with E-state index in [2.05, 4.69) is 30.9 Å². The molecule has 1 fully saturated rings. The maximum atomic E-state index is 12.7. The van der Waals surface area contributed by atoms with Crippen LogP contribution in [0.1, 0.15) is 16.1 Å². The maximum absolute atomic E-state index is 12.7. The fourth-order valence-corrected chi connectivity index (χ4v) is 5.53. The molecule has 0 radical (unpaired) electrons. The van der Waals surface area contributed by atoms with Gasteiger partial charge in [0.05, 0.1) is 10.6 Å². The van der Waals surface area contributed by atoms with Crippen molar-refractivity contribution in [2.75, 3.05) is 26.2 Å². The van der Waals surface area contributed by atoms with Crippen LogP contribution in [0.25, 0.3) is 14.8 Å². The average Bonchev–Trinajstić information content (AvgIpc) is 3.44. The molecule has 10 heteroatoms. The maximum Gasteiger partial charge on any atom is 0.275 e. The quantitative estimate of drug-likeness (QED) is 0.415. The van der Waals surface area contributed by atoms with E-state index in [0.717, 1.165) is 33.1 Å². The Hall–Kier alpha value is -2.40. The van der Waals surface area contributed by atoms with Gasteiger partial charge in [-0.1, -0.05) is 33.3 Å². The molecule has 0 aliphatic carbocycles. The first-order valence-corrected chi connectivity index (χ1v) is 12.3. The molecule has 4 heterocycles. The third-order valence-electron chi connectivity index (χ3n) is 5.17. The highest BCUT2D eigenvalue weighted by Gasteiger charge is 2.23. The molecule has 0 saturated carbocycles. The van der Waals surface area contributed by atoms with Gasteiger partial charge in [0, 0.05) is 48.8 Å². The van der Waals surface area contributed by atoms with Gasteiger partial charge >= 0.3 is 0 Å². The van der Waals surface area contributed by atoms with Crippen LogP contribution in [-0.4, -0.2) is 56.5 Å². The van der Waals surface area contributed by atoms with Crippen molar-refractivity contribution in [2.45, 2.75) is 6.54 Å². The molecule has 158 valence electrons. The Bertz CT molecular complexity index is 1280. The first-order chi connectivity index (χ1) is 15.1. The Kier molecular flexibility index (Phi) is 5.70. The Balaban J connectivity index is 1.26. The third kappa shape index (κ3) is 4.33. The summed E-state index contributed by atoms with van der Waals surface area (Å²) in [5.41, 5.74) is 1.27. The second kappa shape index (κ2) is 8.62. The SMILES string of the molecule is O=C(c1ccc(Br)cc1)N1CCN(Cc2cc(=O)n3nc(-c4cccs4)sc3n2)CC1. The molecular weight excluding hydrogens is 498 g/mol. The van der Waals surface area contributed by atoms with Gasteiger partial charge in [-0.15, -0.1) is 11.3 Å². The number of carbonyl (C=O) groups is 1. The van der Waals surface area contributed by atoms with Crippen LogP contribution in [0, 0.1) is 0 Å². The molecule has 7 nitrogen and oxygen atoms in total. The van der Waals surface area contributed by atoms with Crippen LogP contribution in [0.2, 0.25) is 0 Å². The van der Waals surface area contributed by atoms with Gasteiger partial charge in [0.25, 0.3) is 11.5 Å². The topological polar surface area (TPSA) is 70.8 Å².